The van der Waals surface area contributed by atoms with Gasteiger partial charge in [-0.15, -0.1) is 0 Å². The van der Waals surface area contributed by atoms with Gasteiger partial charge < -0.3 is 5.32 Å². The number of halogens is 1. The second-order valence-electron chi connectivity index (χ2n) is 4.26. The third-order valence-electron chi connectivity index (χ3n) is 2.99. The molecule has 0 saturated heterocycles. The highest BCUT2D eigenvalue weighted by molar-refractivity contribution is 9.10. The summed E-state index contributed by atoms with van der Waals surface area (Å²) in [5, 5.41) is 7.74. The van der Waals surface area contributed by atoms with Crippen LogP contribution in [0.15, 0.2) is 33.4 Å². The van der Waals surface area contributed by atoms with Crippen molar-refractivity contribution in [3.63, 3.8) is 0 Å². The Morgan fingerprint density at radius 3 is 2.53 bits per heavy atom. The van der Waals surface area contributed by atoms with Crippen molar-refractivity contribution in [1.29, 1.82) is 0 Å². The van der Waals surface area contributed by atoms with E-state index in [1.54, 1.807) is 11.3 Å². The zero-order valence-electron chi connectivity index (χ0n) is 10.3. The molecule has 1 aromatic carbocycles. The van der Waals surface area contributed by atoms with Crippen LogP contribution in [0.25, 0.3) is 0 Å². The van der Waals surface area contributed by atoms with Gasteiger partial charge in [-0.1, -0.05) is 23.8 Å². The first kappa shape index (κ1) is 12.8. The summed E-state index contributed by atoms with van der Waals surface area (Å²) in [5.41, 5.74) is 5.29. The Labute approximate surface area is 115 Å². The van der Waals surface area contributed by atoms with E-state index >= 15 is 0 Å². The Balaban J connectivity index is 2.49. The highest BCUT2D eigenvalue weighted by Crippen LogP contribution is 2.33. The van der Waals surface area contributed by atoms with E-state index in [4.69, 9.17) is 0 Å². The zero-order chi connectivity index (χ0) is 12.4. The van der Waals surface area contributed by atoms with Crippen LogP contribution in [0, 0.1) is 13.8 Å². The van der Waals surface area contributed by atoms with Crippen LogP contribution in [0.1, 0.15) is 28.3 Å². The molecule has 1 heterocycles. The van der Waals surface area contributed by atoms with E-state index in [2.05, 4.69) is 64.1 Å². The van der Waals surface area contributed by atoms with E-state index in [0.717, 1.165) is 0 Å². The smallest absolute Gasteiger partial charge is 0.0596 e. The van der Waals surface area contributed by atoms with E-state index in [0.29, 0.717) is 0 Å². The first-order valence-electron chi connectivity index (χ1n) is 5.59. The van der Waals surface area contributed by atoms with Gasteiger partial charge in [-0.2, -0.15) is 11.3 Å². The molecule has 90 valence electrons. The molecule has 0 fully saturated rings. The summed E-state index contributed by atoms with van der Waals surface area (Å²) in [5.74, 6) is 0. The molecule has 0 bridgehead atoms. The van der Waals surface area contributed by atoms with E-state index in [1.807, 2.05) is 7.05 Å². The molecule has 1 unspecified atom stereocenters. The van der Waals surface area contributed by atoms with Crippen LogP contribution in [-0.4, -0.2) is 7.05 Å². The number of thiophene rings is 1. The molecule has 0 amide bonds. The summed E-state index contributed by atoms with van der Waals surface area (Å²) in [6.07, 6.45) is 0. The fourth-order valence-electron chi connectivity index (χ4n) is 2.05. The van der Waals surface area contributed by atoms with Crippen LogP contribution in [0.4, 0.5) is 0 Å². The van der Waals surface area contributed by atoms with Crippen molar-refractivity contribution in [1.82, 2.24) is 5.32 Å². The lowest BCUT2D eigenvalue weighted by Gasteiger charge is -2.19. The third-order valence-corrected chi connectivity index (χ3v) is 4.74. The van der Waals surface area contributed by atoms with E-state index < -0.39 is 0 Å². The van der Waals surface area contributed by atoms with Crippen LogP contribution in [0.3, 0.4) is 0 Å². The summed E-state index contributed by atoms with van der Waals surface area (Å²) in [7, 11) is 2.01. The summed E-state index contributed by atoms with van der Waals surface area (Å²) < 4.78 is 1.18. The molecule has 2 aromatic rings. The molecule has 1 atom stereocenters. The third kappa shape index (κ3) is 2.62. The van der Waals surface area contributed by atoms with Gasteiger partial charge in [0.05, 0.1) is 6.04 Å². The fourth-order valence-corrected chi connectivity index (χ4v) is 3.60. The molecule has 3 heteroatoms. The minimum atomic E-state index is 0.260. The van der Waals surface area contributed by atoms with Crippen molar-refractivity contribution in [2.45, 2.75) is 19.9 Å². The predicted octanol–water partition coefficient (Wildman–Crippen LogP) is 4.44. The van der Waals surface area contributed by atoms with Gasteiger partial charge in [0, 0.05) is 9.85 Å². The van der Waals surface area contributed by atoms with Crippen molar-refractivity contribution >= 4 is 27.3 Å². The molecule has 0 spiro atoms. The molecule has 0 aliphatic carbocycles. The SMILES string of the molecule is CNC(c1cc(C)ccc1C)c1cscc1Br. The quantitative estimate of drug-likeness (QED) is 0.884. The molecule has 0 aliphatic heterocycles. The molecule has 0 radical (unpaired) electrons. The van der Waals surface area contributed by atoms with Gasteiger partial charge in [-0.3, -0.25) is 0 Å². The van der Waals surface area contributed by atoms with E-state index in [1.165, 1.54) is 26.7 Å². The highest BCUT2D eigenvalue weighted by atomic mass is 79.9. The zero-order valence-corrected chi connectivity index (χ0v) is 12.7. The standard InChI is InChI=1S/C14H16BrNS/c1-9-4-5-10(2)11(6-9)14(16-3)12-7-17-8-13(12)15/h4-8,14,16H,1-3H3. The van der Waals surface area contributed by atoms with E-state index in [-0.39, 0.29) is 6.04 Å². The maximum atomic E-state index is 3.62. The second-order valence-corrected chi connectivity index (χ2v) is 5.85. The molecule has 1 nitrogen and oxygen atoms in total. The van der Waals surface area contributed by atoms with Crippen LogP contribution in [-0.2, 0) is 0 Å². The van der Waals surface area contributed by atoms with Gasteiger partial charge in [0.2, 0.25) is 0 Å². The predicted molar refractivity (Wildman–Crippen MR) is 78.8 cm³/mol. The average molecular weight is 310 g/mol. The number of benzene rings is 1. The Morgan fingerprint density at radius 2 is 1.94 bits per heavy atom. The maximum absolute atomic E-state index is 3.62. The van der Waals surface area contributed by atoms with Gasteiger partial charge in [-0.05, 0) is 58.9 Å². The fraction of sp³-hybridized carbons (Fsp3) is 0.286. The van der Waals surface area contributed by atoms with Crippen molar-refractivity contribution in [2.24, 2.45) is 0 Å². The van der Waals surface area contributed by atoms with Gasteiger partial charge in [0.25, 0.3) is 0 Å². The van der Waals surface area contributed by atoms with Gasteiger partial charge in [0.15, 0.2) is 0 Å². The van der Waals surface area contributed by atoms with Crippen LogP contribution < -0.4 is 5.32 Å². The molecule has 1 aromatic heterocycles. The minimum Gasteiger partial charge on any atom is -0.309 e. The summed E-state index contributed by atoms with van der Waals surface area (Å²) in [4.78, 5) is 0. The Kier molecular flexibility index (Phi) is 4.02. The number of nitrogens with one attached hydrogen (secondary N) is 1. The minimum absolute atomic E-state index is 0.260. The van der Waals surface area contributed by atoms with Crippen LogP contribution in [0.2, 0.25) is 0 Å². The summed E-state index contributed by atoms with van der Waals surface area (Å²) in [6.45, 7) is 4.30. The van der Waals surface area contributed by atoms with E-state index in [9.17, 15) is 0 Å². The normalized spacial score (nSPS) is 12.7. The van der Waals surface area contributed by atoms with Crippen molar-refractivity contribution in [2.75, 3.05) is 7.05 Å². The molecular formula is C14H16BrNS. The largest absolute Gasteiger partial charge is 0.309 e. The second kappa shape index (κ2) is 5.34. The monoisotopic (exact) mass is 309 g/mol. The average Bonchev–Trinajstić information content (AvgIpc) is 2.71. The van der Waals surface area contributed by atoms with Gasteiger partial charge in [-0.25, -0.2) is 0 Å². The number of aryl methyl sites for hydroxylation is 2. The van der Waals surface area contributed by atoms with Gasteiger partial charge >= 0.3 is 0 Å². The summed E-state index contributed by atoms with van der Waals surface area (Å²) >= 11 is 5.35. The molecule has 1 N–H and O–H groups in total. The topological polar surface area (TPSA) is 12.0 Å². The first-order chi connectivity index (χ1) is 8.13. The molecule has 0 aliphatic rings. The lowest BCUT2D eigenvalue weighted by atomic mass is 9.95. The van der Waals surface area contributed by atoms with Crippen molar-refractivity contribution in [3.05, 3.63) is 55.7 Å². The maximum Gasteiger partial charge on any atom is 0.0596 e. The van der Waals surface area contributed by atoms with Gasteiger partial charge in [0.1, 0.15) is 0 Å². The number of rotatable bonds is 3. The van der Waals surface area contributed by atoms with Crippen molar-refractivity contribution in [3.8, 4) is 0 Å². The Morgan fingerprint density at radius 1 is 1.18 bits per heavy atom. The molecule has 0 saturated carbocycles. The highest BCUT2D eigenvalue weighted by Gasteiger charge is 2.17. The Bertz CT molecular complexity index is 519. The summed E-state index contributed by atoms with van der Waals surface area (Å²) in [6, 6.07) is 6.87. The lowest BCUT2D eigenvalue weighted by Crippen LogP contribution is -2.18. The van der Waals surface area contributed by atoms with Crippen LogP contribution in [0.5, 0.6) is 0 Å². The lowest BCUT2D eigenvalue weighted by molar-refractivity contribution is 0.687. The van der Waals surface area contributed by atoms with Crippen molar-refractivity contribution < 1.29 is 0 Å². The van der Waals surface area contributed by atoms with Crippen LogP contribution >= 0.6 is 27.3 Å². The molecular weight excluding hydrogens is 294 g/mol. The number of hydrogen-bond donors (Lipinski definition) is 1. The molecule has 17 heavy (non-hydrogen) atoms. The number of hydrogen-bond acceptors (Lipinski definition) is 2. The molecule has 2 rings (SSSR count). The first-order valence-corrected chi connectivity index (χ1v) is 7.33. The Hall–Kier alpha value is -0.640.